The quantitative estimate of drug-likeness (QED) is 0.514. The zero-order valence-electron chi connectivity index (χ0n) is 16.7. The molecule has 0 unspecified atom stereocenters. The van der Waals surface area contributed by atoms with Crippen molar-refractivity contribution in [2.24, 2.45) is 0 Å². The second-order valence-electron chi connectivity index (χ2n) is 6.37. The van der Waals surface area contributed by atoms with Crippen LogP contribution in [0.5, 0.6) is 0 Å². The highest BCUT2D eigenvalue weighted by Gasteiger charge is 2.35. The van der Waals surface area contributed by atoms with Crippen molar-refractivity contribution >= 4 is 40.9 Å². The van der Waals surface area contributed by atoms with Gasteiger partial charge >= 0.3 is 11.9 Å². The first-order chi connectivity index (χ1) is 14.3. The predicted octanol–water partition coefficient (Wildman–Crippen LogP) is 3.06. The minimum absolute atomic E-state index is 0.0728. The van der Waals surface area contributed by atoms with Gasteiger partial charge in [-0.3, -0.25) is 0 Å². The Balaban J connectivity index is 2.14. The van der Waals surface area contributed by atoms with Crippen LogP contribution in [0.2, 0.25) is 5.02 Å². The lowest BCUT2D eigenvalue weighted by atomic mass is 9.96. The summed E-state index contributed by atoms with van der Waals surface area (Å²) >= 11 is 11.2. The number of rotatable bonds is 6. The zero-order valence-corrected chi connectivity index (χ0v) is 18.3. The minimum Gasteiger partial charge on any atom is -0.463 e. The van der Waals surface area contributed by atoms with Crippen LogP contribution in [-0.4, -0.2) is 40.0 Å². The van der Waals surface area contributed by atoms with Gasteiger partial charge < -0.3 is 20.1 Å². The summed E-state index contributed by atoms with van der Waals surface area (Å²) in [6, 6.07) is 6.23. The number of carbonyl (C=O) groups excluding carboxylic acids is 2. The van der Waals surface area contributed by atoms with E-state index >= 15 is 0 Å². The largest absolute Gasteiger partial charge is 0.463 e. The molecule has 8 nitrogen and oxygen atoms in total. The normalized spacial score (nSPS) is 16.0. The van der Waals surface area contributed by atoms with Gasteiger partial charge in [0.1, 0.15) is 0 Å². The van der Waals surface area contributed by atoms with E-state index in [9.17, 15) is 9.59 Å². The Morgan fingerprint density at radius 2 is 1.80 bits per heavy atom. The summed E-state index contributed by atoms with van der Waals surface area (Å²) in [4.78, 5) is 25.3. The highest BCUT2D eigenvalue weighted by Crippen LogP contribution is 2.31. The summed E-state index contributed by atoms with van der Waals surface area (Å²) in [5.74, 6) is -1.12. The van der Waals surface area contributed by atoms with Gasteiger partial charge in [0.15, 0.2) is 10.8 Å². The van der Waals surface area contributed by atoms with Crippen LogP contribution in [0.15, 0.2) is 41.7 Å². The van der Waals surface area contributed by atoms with Crippen molar-refractivity contribution in [1.82, 2.24) is 20.4 Å². The zero-order chi connectivity index (χ0) is 21.8. The lowest BCUT2D eigenvalue weighted by molar-refractivity contribution is -0.139. The van der Waals surface area contributed by atoms with Gasteiger partial charge in [0.25, 0.3) is 0 Å². The summed E-state index contributed by atoms with van der Waals surface area (Å²) in [6.45, 7) is 5.55. The van der Waals surface area contributed by atoms with E-state index < -0.39 is 18.0 Å². The Hall–Kier alpha value is -2.91. The highest BCUT2D eigenvalue weighted by molar-refractivity contribution is 7.80. The molecule has 10 heteroatoms. The molecule has 158 valence electrons. The van der Waals surface area contributed by atoms with Crippen molar-refractivity contribution in [3.05, 3.63) is 58.0 Å². The van der Waals surface area contributed by atoms with Gasteiger partial charge in [-0.15, -0.1) is 0 Å². The van der Waals surface area contributed by atoms with Crippen LogP contribution in [0.3, 0.4) is 0 Å². The maximum Gasteiger partial charge on any atom is 0.359 e. The number of carbonyl (C=O) groups is 2. The number of allylic oxidation sites excluding steroid dienone is 1. The number of ether oxygens (including phenoxy) is 2. The summed E-state index contributed by atoms with van der Waals surface area (Å²) in [5, 5.41) is 11.3. The monoisotopic (exact) mass is 448 g/mol. The van der Waals surface area contributed by atoms with E-state index in [2.05, 4.69) is 15.7 Å². The number of halogens is 1. The fourth-order valence-electron chi connectivity index (χ4n) is 3.09. The number of benzene rings is 1. The molecule has 0 fully saturated rings. The van der Waals surface area contributed by atoms with Gasteiger partial charge in [-0.1, -0.05) is 11.6 Å². The van der Waals surface area contributed by atoms with E-state index in [4.69, 9.17) is 33.3 Å². The molecule has 0 aliphatic carbocycles. The van der Waals surface area contributed by atoms with Crippen molar-refractivity contribution in [1.29, 1.82) is 0 Å². The maximum absolute atomic E-state index is 12.7. The Bertz CT molecular complexity index is 1020. The molecule has 30 heavy (non-hydrogen) atoms. The molecule has 2 N–H and O–H groups in total. The van der Waals surface area contributed by atoms with Gasteiger partial charge in [-0.05, 0) is 57.3 Å². The molecule has 0 spiro atoms. The van der Waals surface area contributed by atoms with Crippen LogP contribution >= 0.6 is 23.8 Å². The van der Waals surface area contributed by atoms with Gasteiger partial charge in [0, 0.05) is 22.5 Å². The van der Waals surface area contributed by atoms with E-state index in [0.29, 0.717) is 32.7 Å². The Morgan fingerprint density at radius 1 is 1.17 bits per heavy atom. The predicted molar refractivity (Wildman–Crippen MR) is 115 cm³/mol. The molecule has 1 atom stereocenters. The standard InChI is InChI=1S/C20H21ClN4O4S/c1-4-28-18(26)15-11(3)22-20(30)23-16(15)14-10-25(13-8-6-12(21)7-9-13)24-17(14)19(27)29-5-2/h6-10,16H,4-5H2,1-3H3,(H2,22,23,30)/t16-/m0/s1. The second-order valence-corrected chi connectivity index (χ2v) is 7.21. The summed E-state index contributed by atoms with van der Waals surface area (Å²) < 4.78 is 11.9. The Kier molecular flexibility index (Phi) is 6.73. The number of nitrogens with zero attached hydrogens (tertiary/aromatic N) is 2. The average molecular weight is 449 g/mol. The van der Waals surface area contributed by atoms with E-state index in [-0.39, 0.29) is 18.9 Å². The van der Waals surface area contributed by atoms with E-state index in [1.54, 1.807) is 51.2 Å². The third-order valence-corrected chi connectivity index (χ3v) is 4.85. The molecular formula is C20H21ClN4O4S. The summed E-state index contributed by atoms with van der Waals surface area (Å²) in [7, 11) is 0. The molecule has 1 aromatic carbocycles. The molecular weight excluding hydrogens is 428 g/mol. The van der Waals surface area contributed by atoms with Crippen molar-refractivity contribution in [3.8, 4) is 5.69 Å². The first-order valence-electron chi connectivity index (χ1n) is 9.33. The number of thiocarbonyl (C=S) groups is 1. The molecule has 0 radical (unpaired) electrons. The van der Waals surface area contributed by atoms with Crippen LogP contribution in [0.4, 0.5) is 0 Å². The third-order valence-electron chi connectivity index (χ3n) is 4.38. The first kappa shape index (κ1) is 21.8. The molecule has 0 saturated carbocycles. The molecule has 2 heterocycles. The molecule has 1 aromatic heterocycles. The van der Waals surface area contributed by atoms with Gasteiger partial charge in [0.2, 0.25) is 0 Å². The van der Waals surface area contributed by atoms with Gasteiger partial charge in [0.05, 0.1) is 30.5 Å². The molecule has 3 rings (SSSR count). The number of esters is 2. The molecule has 2 aromatic rings. The fourth-order valence-corrected chi connectivity index (χ4v) is 3.49. The van der Waals surface area contributed by atoms with E-state index in [0.717, 1.165) is 0 Å². The molecule has 1 aliphatic heterocycles. The van der Waals surface area contributed by atoms with Crippen LogP contribution in [0.25, 0.3) is 5.69 Å². The number of nitrogens with one attached hydrogen (secondary N) is 2. The average Bonchev–Trinajstić information content (AvgIpc) is 3.13. The molecule has 1 aliphatic rings. The van der Waals surface area contributed by atoms with Gasteiger partial charge in [-0.25, -0.2) is 14.3 Å². The van der Waals surface area contributed by atoms with Crippen LogP contribution in [0.1, 0.15) is 42.9 Å². The Morgan fingerprint density at radius 3 is 2.43 bits per heavy atom. The Labute approximate surface area is 184 Å². The smallest absolute Gasteiger partial charge is 0.359 e. The molecule has 0 amide bonds. The van der Waals surface area contributed by atoms with Crippen molar-refractivity contribution in [2.75, 3.05) is 13.2 Å². The maximum atomic E-state index is 12.7. The van der Waals surface area contributed by atoms with Crippen LogP contribution in [0, 0.1) is 0 Å². The molecule has 0 saturated heterocycles. The SMILES string of the molecule is CCOC(=O)C1=C(C)NC(=S)N[C@H]1c1cn(-c2ccc(Cl)cc2)nc1C(=O)OCC. The number of hydrogen-bond acceptors (Lipinski definition) is 6. The van der Waals surface area contributed by atoms with E-state index in [1.165, 1.54) is 4.68 Å². The highest BCUT2D eigenvalue weighted by atomic mass is 35.5. The fraction of sp³-hybridized carbons (Fsp3) is 0.300. The van der Waals surface area contributed by atoms with E-state index in [1.807, 2.05) is 0 Å². The van der Waals surface area contributed by atoms with Crippen LogP contribution < -0.4 is 10.6 Å². The summed E-state index contributed by atoms with van der Waals surface area (Å²) in [5.41, 5.74) is 2.05. The number of aromatic nitrogens is 2. The lowest BCUT2D eigenvalue weighted by Crippen LogP contribution is -2.45. The van der Waals surface area contributed by atoms with Crippen molar-refractivity contribution < 1.29 is 19.1 Å². The first-order valence-corrected chi connectivity index (χ1v) is 10.1. The number of hydrogen-bond donors (Lipinski definition) is 2. The second kappa shape index (κ2) is 9.27. The van der Waals surface area contributed by atoms with Crippen molar-refractivity contribution in [3.63, 3.8) is 0 Å². The minimum atomic E-state index is -0.738. The summed E-state index contributed by atoms with van der Waals surface area (Å²) in [6.07, 6.45) is 1.66. The third kappa shape index (κ3) is 4.47. The van der Waals surface area contributed by atoms with Crippen LogP contribution in [-0.2, 0) is 14.3 Å². The molecule has 0 bridgehead atoms. The van der Waals surface area contributed by atoms with Gasteiger partial charge in [-0.2, -0.15) is 5.10 Å². The van der Waals surface area contributed by atoms with Crippen molar-refractivity contribution in [2.45, 2.75) is 26.8 Å². The topological polar surface area (TPSA) is 94.5 Å². The lowest BCUT2D eigenvalue weighted by Gasteiger charge is -2.29.